The molecule has 0 radical (unpaired) electrons. The molecule has 0 saturated heterocycles. The van der Waals surface area contributed by atoms with Crippen LogP contribution in [-0.2, 0) is 22.6 Å². The van der Waals surface area contributed by atoms with E-state index in [1.165, 1.54) is 11.8 Å². The van der Waals surface area contributed by atoms with Crippen LogP contribution in [0.15, 0.2) is 42.5 Å². The molecule has 0 aromatic heterocycles. The summed E-state index contributed by atoms with van der Waals surface area (Å²) in [7, 11) is 0. The summed E-state index contributed by atoms with van der Waals surface area (Å²) in [6, 6.07) is 11.7. The van der Waals surface area contributed by atoms with Crippen LogP contribution < -0.4 is 9.47 Å². The monoisotopic (exact) mass is 389 g/mol. The first-order valence-corrected chi connectivity index (χ1v) is 8.97. The predicted octanol–water partition coefficient (Wildman–Crippen LogP) is 3.16. The Labute approximate surface area is 162 Å². The molecule has 7 heteroatoms. The number of nitrogens with zero attached hydrogens (tertiary/aromatic N) is 1. The van der Waals surface area contributed by atoms with Crippen molar-refractivity contribution in [3.05, 3.63) is 58.6 Å². The summed E-state index contributed by atoms with van der Waals surface area (Å²) in [5.74, 6) is -0.391. The van der Waals surface area contributed by atoms with E-state index in [1.807, 2.05) is 30.3 Å². The lowest BCUT2D eigenvalue weighted by Gasteiger charge is -2.27. The SMILES string of the molecule is CC(C(=O)O)N(Cc1ccccc1)C(=O)Cc1cc(Cl)c2c(c1)OCCO2. The number of fused-ring (bicyclic) bond motifs is 1. The second kappa shape index (κ2) is 8.31. The Morgan fingerprint density at radius 3 is 2.56 bits per heavy atom. The zero-order chi connectivity index (χ0) is 19.4. The number of hydrogen-bond acceptors (Lipinski definition) is 4. The molecule has 142 valence electrons. The maximum Gasteiger partial charge on any atom is 0.326 e. The molecular weight excluding hydrogens is 370 g/mol. The molecule has 0 spiro atoms. The Hall–Kier alpha value is -2.73. The number of hydrogen-bond donors (Lipinski definition) is 1. The van der Waals surface area contributed by atoms with Crippen LogP contribution in [0.25, 0.3) is 0 Å². The zero-order valence-corrected chi connectivity index (χ0v) is 15.6. The Bertz CT molecular complexity index is 840. The van der Waals surface area contributed by atoms with Gasteiger partial charge in [-0.25, -0.2) is 4.79 Å². The number of aliphatic carboxylic acids is 1. The second-order valence-corrected chi connectivity index (χ2v) is 6.71. The highest BCUT2D eigenvalue weighted by Gasteiger charge is 2.26. The van der Waals surface area contributed by atoms with Gasteiger partial charge in [-0.15, -0.1) is 0 Å². The van der Waals surface area contributed by atoms with E-state index in [1.54, 1.807) is 12.1 Å². The van der Waals surface area contributed by atoms with Crippen LogP contribution in [-0.4, -0.2) is 41.1 Å². The van der Waals surface area contributed by atoms with Gasteiger partial charge in [-0.3, -0.25) is 4.79 Å². The minimum Gasteiger partial charge on any atom is -0.486 e. The molecule has 6 nitrogen and oxygen atoms in total. The van der Waals surface area contributed by atoms with E-state index in [0.717, 1.165) is 5.56 Å². The van der Waals surface area contributed by atoms with E-state index in [2.05, 4.69) is 0 Å². The summed E-state index contributed by atoms with van der Waals surface area (Å²) in [4.78, 5) is 25.7. The minimum atomic E-state index is -1.06. The van der Waals surface area contributed by atoms with Gasteiger partial charge < -0.3 is 19.5 Å². The standard InChI is InChI=1S/C20H20ClNO5/c1-13(20(24)25)22(12-14-5-3-2-4-6-14)18(23)11-15-9-16(21)19-17(10-15)26-7-8-27-19/h2-6,9-10,13H,7-8,11-12H2,1H3,(H,24,25). The number of carboxylic acids is 1. The summed E-state index contributed by atoms with van der Waals surface area (Å²) >= 11 is 6.23. The molecule has 2 aromatic carbocycles. The topological polar surface area (TPSA) is 76.1 Å². The van der Waals surface area contributed by atoms with E-state index in [-0.39, 0.29) is 18.9 Å². The molecule has 1 N–H and O–H groups in total. The summed E-state index contributed by atoms with van der Waals surface area (Å²) in [5, 5.41) is 9.77. The number of carbonyl (C=O) groups is 2. The Morgan fingerprint density at radius 1 is 1.15 bits per heavy atom. The molecule has 1 heterocycles. The number of rotatable bonds is 6. The van der Waals surface area contributed by atoms with Gasteiger partial charge in [0, 0.05) is 6.54 Å². The van der Waals surface area contributed by atoms with Crippen molar-refractivity contribution in [2.45, 2.75) is 25.9 Å². The van der Waals surface area contributed by atoms with Crippen LogP contribution in [0.1, 0.15) is 18.1 Å². The maximum atomic E-state index is 12.9. The van der Waals surface area contributed by atoms with Crippen LogP contribution in [0.2, 0.25) is 5.02 Å². The Balaban J connectivity index is 1.82. The number of benzene rings is 2. The van der Waals surface area contributed by atoms with Crippen molar-refractivity contribution in [2.24, 2.45) is 0 Å². The number of amides is 1. The van der Waals surface area contributed by atoms with Gasteiger partial charge in [-0.1, -0.05) is 41.9 Å². The van der Waals surface area contributed by atoms with Crippen molar-refractivity contribution >= 4 is 23.5 Å². The van der Waals surface area contributed by atoms with Crippen molar-refractivity contribution in [1.82, 2.24) is 4.90 Å². The first kappa shape index (κ1) is 19.0. The third-order valence-electron chi connectivity index (χ3n) is 4.35. The summed E-state index contributed by atoms with van der Waals surface area (Å²) < 4.78 is 11.0. The molecule has 1 atom stereocenters. The summed E-state index contributed by atoms with van der Waals surface area (Å²) in [6.07, 6.45) is 0.0147. The van der Waals surface area contributed by atoms with Crippen molar-refractivity contribution in [3.63, 3.8) is 0 Å². The van der Waals surface area contributed by atoms with Crippen LogP contribution in [0.3, 0.4) is 0 Å². The quantitative estimate of drug-likeness (QED) is 0.821. The first-order valence-electron chi connectivity index (χ1n) is 8.60. The largest absolute Gasteiger partial charge is 0.486 e. The lowest BCUT2D eigenvalue weighted by Crippen LogP contribution is -2.43. The van der Waals surface area contributed by atoms with E-state index in [4.69, 9.17) is 21.1 Å². The van der Waals surface area contributed by atoms with Gasteiger partial charge in [0.2, 0.25) is 5.91 Å². The van der Waals surface area contributed by atoms with E-state index in [0.29, 0.717) is 35.3 Å². The molecule has 3 rings (SSSR count). The average Bonchev–Trinajstić information content (AvgIpc) is 2.66. The molecule has 0 aliphatic carbocycles. The van der Waals surface area contributed by atoms with Crippen LogP contribution in [0.4, 0.5) is 0 Å². The molecular formula is C20H20ClNO5. The molecule has 0 fully saturated rings. The molecule has 0 bridgehead atoms. The van der Waals surface area contributed by atoms with Crippen molar-refractivity contribution in [1.29, 1.82) is 0 Å². The maximum absolute atomic E-state index is 12.9. The highest BCUT2D eigenvalue weighted by Crippen LogP contribution is 2.38. The third kappa shape index (κ3) is 4.52. The minimum absolute atomic E-state index is 0.0147. The van der Waals surface area contributed by atoms with Crippen LogP contribution >= 0.6 is 11.6 Å². The van der Waals surface area contributed by atoms with Gasteiger partial charge in [-0.2, -0.15) is 0 Å². The van der Waals surface area contributed by atoms with Crippen molar-refractivity contribution in [2.75, 3.05) is 13.2 Å². The van der Waals surface area contributed by atoms with Gasteiger partial charge in [0.15, 0.2) is 11.5 Å². The van der Waals surface area contributed by atoms with Gasteiger partial charge in [0.1, 0.15) is 19.3 Å². The second-order valence-electron chi connectivity index (χ2n) is 6.30. The lowest BCUT2D eigenvalue weighted by molar-refractivity contribution is -0.149. The smallest absolute Gasteiger partial charge is 0.326 e. The van der Waals surface area contributed by atoms with Crippen molar-refractivity contribution in [3.8, 4) is 11.5 Å². The average molecular weight is 390 g/mol. The summed E-state index contributed by atoms with van der Waals surface area (Å²) in [6.45, 7) is 2.55. The van der Waals surface area contributed by atoms with Crippen LogP contribution in [0.5, 0.6) is 11.5 Å². The van der Waals surface area contributed by atoms with E-state index >= 15 is 0 Å². The Morgan fingerprint density at radius 2 is 1.85 bits per heavy atom. The van der Waals surface area contributed by atoms with Gasteiger partial charge >= 0.3 is 5.97 Å². The fourth-order valence-corrected chi connectivity index (χ4v) is 3.18. The van der Waals surface area contributed by atoms with Gasteiger partial charge in [0.25, 0.3) is 0 Å². The molecule has 1 aliphatic rings. The molecule has 1 unspecified atom stereocenters. The van der Waals surface area contributed by atoms with Crippen LogP contribution in [0, 0.1) is 0 Å². The number of halogens is 1. The van der Waals surface area contributed by atoms with E-state index in [9.17, 15) is 14.7 Å². The molecule has 1 aliphatic heterocycles. The number of carboxylic acid groups (broad SMARTS) is 1. The normalized spacial score (nSPS) is 13.7. The fraction of sp³-hybridized carbons (Fsp3) is 0.300. The molecule has 27 heavy (non-hydrogen) atoms. The first-order chi connectivity index (χ1) is 13.0. The molecule has 1 amide bonds. The van der Waals surface area contributed by atoms with Crippen molar-refractivity contribution < 1.29 is 24.2 Å². The highest BCUT2D eigenvalue weighted by molar-refractivity contribution is 6.32. The van der Waals surface area contributed by atoms with Gasteiger partial charge in [0.05, 0.1) is 11.4 Å². The number of ether oxygens (including phenoxy) is 2. The predicted molar refractivity (Wildman–Crippen MR) is 100 cm³/mol. The molecule has 0 saturated carbocycles. The lowest BCUT2D eigenvalue weighted by atomic mass is 10.1. The number of carbonyl (C=O) groups excluding carboxylic acids is 1. The third-order valence-corrected chi connectivity index (χ3v) is 4.63. The fourth-order valence-electron chi connectivity index (χ4n) is 2.90. The zero-order valence-electron chi connectivity index (χ0n) is 14.9. The van der Waals surface area contributed by atoms with E-state index < -0.39 is 12.0 Å². The summed E-state index contributed by atoms with van der Waals surface area (Å²) in [5.41, 5.74) is 1.50. The highest BCUT2D eigenvalue weighted by atomic mass is 35.5. The van der Waals surface area contributed by atoms with Gasteiger partial charge in [-0.05, 0) is 30.2 Å². The Kier molecular flexibility index (Phi) is 5.86. The molecule has 2 aromatic rings.